The number of hydrogen-bond acceptors (Lipinski definition) is 1. The molecule has 0 aliphatic rings. The van der Waals surface area contributed by atoms with Crippen molar-refractivity contribution in [3.8, 4) is 0 Å². The van der Waals surface area contributed by atoms with E-state index in [1.54, 1.807) is 13.1 Å². The van der Waals surface area contributed by atoms with E-state index in [2.05, 4.69) is 5.32 Å². The zero-order chi connectivity index (χ0) is 14.7. The highest BCUT2D eigenvalue weighted by molar-refractivity contribution is 6.31. The molecular weight excluding hydrogens is 287 g/mol. The van der Waals surface area contributed by atoms with Crippen LogP contribution in [0.25, 0.3) is 0 Å². The molecule has 0 bridgehead atoms. The highest BCUT2D eigenvalue weighted by Gasteiger charge is 2.16. The van der Waals surface area contributed by atoms with Crippen molar-refractivity contribution in [2.24, 2.45) is 0 Å². The molecule has 0 spiro atoms. The monoisotopic (exact) mass is 299 g/mol. The Balaban J connectivity index is 2.33. The summed E-state index contributed by atoms with van der Waals surface area (Å²) in [5.74, 6) is -1.77. The van der Waals surface area contributed by atoms with E-state index in [1.165, 1.54) is 24.3 Å². The molecule has 0 fully saturated rings. The molecule has 2 aromatic carbocycles. The van der Waals surface area contributed by atoms with Gasteiger partial charge < -0.3 is 5.32 Å². The lowest BCUT2D eigenvalue weighted by Gasteiger charge is -2.18. The Morgan fingerprint density at radius 1 is 1.10 bits per heavy atom. The van der Waals surface area contributed by atoms with Crippen LogP contribution >= 0.6 is 11.6 Å². The van der Waals surface area contributed by atoms with E-state index in [1.807, 2.05) is 0 Å². The van der Waals surface area contributed by atoms with Crippen LogP contribution in [0.2, 0.25) is 5.02 Å². The lowest BCUT2D eigenvalue weighted by atomic mass is 9.98. The maximum Gasteiger partial charge on any atom is 0.127 e. The first-order valence-corrected chi connectivity index (χ1v) is 6.45. The van der Waals surface area contributed by atoms with Crippen LogP contribution in [-0.2, 0) is 6.42 Å². The van der Waals surface area contributed by atoms with Crippen LogP contribution in [0.15, 0.2) is 36.4 Å². The average Bonchev–Trinajstić information content (AvgIpc) is 2.37. The highest BCUT2D eigenvalue weighted by atomic mass is 35.5. The van der Waals surface area contributed by atoms with Crippen molar-refractivity contribution < 1.29 is 13.2 Å². The Morgan fingerprint density at radius 2 is 1.75 bits per heavy atom. The molecule has 106 valence electrons. The number of benzene rings is 2. The summed E-state index contributed by atoms with van der Waals surface area (Å²) in [5.41, 5.74) is 0.725. The minimum Gasteiger partial charge on any atom is -0.313 e. The van der Waals surface area contributed by atoms with Crippen LogP contribution in [0.5, 0.6) is 0 Å². The Morgan fingerprint density at radius 3 is 2.30 bits per heavy atom. The predicted octanol–water partition coefficient (Wildman–Crippen LogP) is 4.26. The summed E-state index contributed by atoms with van der Waals surface area (Å²) in [6.45, 7) is 0. The van der Waals surface area contributed by atoms with Crippen molar-refractivity contribution in [3.63, 3.8) is 0 Å². The van der Waals surface area contributed by atoms with E-state index in [9.17, 15) is 13.2 Å². The Labute approximate surface area is 120 Å². The van der Waals surface area contributed by atoms with Crippen molar-refractivity contribution in [1.29, 1.82) is 0 Å². The molecule has 1 N–H and O–H groups in total. The molecule has 0 saturated heterocycles. The summed E-state index contributed by atoms with van der Waals surface area (Å²) in [4.78, 5) is 0. The third-order valence-electron chi connectivity index (χ3n) is 3.11. The SMILES string of the molecule is CNC(Cc1c(F)cccc1Cl)c1cc(F)cc(F)c1. The summed E-state index contributed by atoms with van der Waals surface area (Å²) in [6, 6.07) is 7.20. The minimum absolute atomic E-state index is 0.199. The largest absolute Gasteiger partial charge is 0.313 e. The number of halogens is 4. The number of likely N-dealkylation sites (N-methyl/N-ethyl adjacent to an activating group) is 1. The molecule has 1 unspecified atom stereocenters. The van der Waals surface area contributed by atoms with E-state index in [-0.39, 0.29) is 6.42 Å². The highest BCUT2D eigenvalue weighted by Crippen LogP contribution is 2.26. The van der Waals surface area contributed by atoms with Gasteiger partial charge in [0.15, 0.2) is 0 Å². The lowest BCUT2D eigenvalue weighted by Crippen LogP contribution is -2.20. The fourth-order valence-electron chi connectivity index (χ4n) is 2.09. The van der Waals surface area contributed by atoms with Crippen LogP contribution in [0.1, 0.15) is 17.2 Å². The van der Waals surface area contributed by atoms with E-state index in [0.29, 0.717) is 16.1 Å². The van der Waals surface area contributed by atoms with Crippen LogP contribution in [-0.4, -0.2) is 7.05 Å². The van der Waals surface area contributed by atoms with Gasteiger partial charge in [-0.05, 0) is 43.3 Å². The fourth-order valence-corrected chi connectivity index (χ4v) is 2.33. The summed E-state index contributed by atoms with van der Waals surface area (Å²) in [5, 5.41) is 3.21. The quantitative estimate of drug-likeness (QED) is 0.889. The standard InChI is InChI=1S/C15H13ClF3N/c1-20-15(9-5-10(17)7-11(18)6-9)8-12-13(16)3-2-4-14(12)19/h2-7,15,20H,8H2,1H3. The molecule has 0 amide bonds. The summed E-state index contributed by atoms with van der Waals surface area (Å²) >= 11 is 5.96. The summed E-state index contributed by atoms with van der Waals surface area (Å²) in [7, 11) is 1.64. The molecule has 1 atom stereocenters. The van der Waals surface area contributed by atoms with Gasteiger partial charge in [0, 0.05) is 22.7 Å². The number of hydrogen-bond donors (Lipinski definition) is 1. The molecule has 0 saturated carbocycles. The minimum atomic E-state index is -0.667. The summed E-state index contributed by atoms with van der Waals surface area (Å²) < 4.78 is 40.3. The van der Waals surface area contributed by atoms with Crippen LogP contribution < -0.4 is 5.32 Å². The molecule has 1 nitrogen and oxygen atoms in total. The van der Waals surface area contributed by atoms with Crippen LogP contribution in [0.4, 0.5) is 13.2 Å². The number of rotatable bonds is 4. The van der Waals surface area contributed by atoms with Crippen LogP contribution in [0.3, 0.4) is 0 Å². The molecule has 2 aromatic rings. The zero-order valence-electron chi connectivity index (χ0n) is 10.8. The van der Waals surface area contributed by atoms with E-state index in [4.69, 9.17) is 11.6 Å². The predicted molar refractivity (Wildman–Crippen MR) is 73.3 cm³/mol. The lowest BCUT2D eigenvalue weighted by molar-refractivity contribution is 0.537. The molecule has 0 aliphatic heterocycles. The first-order valence-electron chi connectivity index (χ1n) is 6.07. The van der Waals surface area contributed by atoms with Crippen molar-refractivity contribution in [2.75, 3.05) is 7.05 Å². The average molecular weight is 300 g/mol. The Bertz CT molecular complexity index is 576. The fraction of sp³-hybridized carbons (Fsp3) is 0.200. The van der Waals surface area contributed by atoms with Gasteiger partial charge in [-0.2, -0.15) is 0 Å². The third-order valence-corrected chi connectivity index (χ3v) is 3.46. The van der Waals surface area contributed by atoms with Gasteiger partial charge in [-0.3, -0.25) is 0 Å². The second-order valence-electron chi connectivity index (χ2n) is 4.45. The van der Waals surface area contributed by atoms with Gasteiger partial charge in [-0.15, -0.1) is 0 Å². The topological polar surface area (TPSA) is 12.0 Å². The molecule has 0 aromatic heterocycles. The Kier molecular flexibility index (Phi) is 4.68. The first kappa shape index (κ1) is 14.9. The molecule has 5 heteroatoms. The van der Waals surface area contributed by atoms with E-state index in [0.717, 1.165) is 6.07 Å². The smallest absolute Gasteiger partial charge is 0.127 e. The van der Waals surface area contributed by atoms with Gasteiger partial charge in [-0.1, -0.05) is 17.7 Å². The van der Waals surface area contributed by atoms with Gasteiger partial charge in [-0.25, -0.2) is 13.2 Å². The van der Waals surface area contributed by atoms with E-state index >= 15 is 0 Å². The molecule has 0 aliphatic carbocycles. The van der Waals surface area contributed by atoms with Gasteiger partial charge in [0.05, 0.1) is 0 Å². The van der Waals surface area contributed by atoms with Crippen molar-refractivity contribution in [1.82, 2.24) is 5.32 Å². The second-order valence-corrected chi connectivity index (χ2v) is 4.86. The zero-order valence-corrected chi connectivity index (χ0v) is 11.5. The van der Waals surface area contributed by atoms with Crippen LogP contribution in [0, 0.1) is 17.5 Å². The molecule has 20 heavy (non-hydrogen) atoms. The first-order chi connectivity index (χ1) is 9.51. The summed E-state index contributed by atoms with van der Waals surface area (Å²) in [6.07, 6.45) is 0.199. The van der Waals surface area contributed by atoms with Gasteiger partial charge in [0.25, 0.3) is 0 Å². The second kappa shape index (κ2) is 6.29. The molecule has 0 radical (unpaired) electrons. The van der Waals surface area contributed by atoms with Crippen molar-refractivity contribution >= 4 is 11.6 Å². The van der Waals surface area contributed by atoms with Gasteiger partial charge >= 0.3 is 0 Å². The Hall–Kier alpha value is -1.52. The molecule has 2 rings (SSSR count). The van der Waals surface area contributed by atoms with Gasteiger partial charge in [0.1, 0.15) is 17.5 Å². The maximum absolute atomic E-state index is 13.8. The van der Waals surface area contributed by atoms with Crippen molar-refractivity contribution in [2.45, 2.75) is 12.5 Å². The third kappa shape index (κ3) is 3.32. The maximum atomic E-state index is 13.8. The van der Waals surface area contributed by atoms with Gasteiger partial charge in [0.2, 0.25) is 0 Å². The molecular formula is C15H13ClF3N. The molecule has 0 heterocycles. The normalized spacial score (nSPS) is 12.4. The van der Waals surface area contributed by atoms with Crippen molar-refractivity contribution in [3.05, 3.63) is 70.0 Å². The van der Waals surface area contributed by atoms with E-state index < -0.39 is 23.5 Å². The number of nitrogens with one attached hydrogen (secondary N) is 1.